The number of nitrogens with two attached hydrogens (primary N) is 1. The van der Waals surface area contributed by atoms with Gasteiger partial charge >= 0.3 is 0 Å². The Balaban J connectivity index is 2.18. The maximum absolute atomic E-state index is 5.85. The molecule has 0 aliphatic rings. The van der Waals surface area contributed by atoms with Crippen molar-refractivity contribution < 1.29 is 4.74 Å². The average Bonchev–Trinajstić information content (AvgIpc) is 2.82. The summed E-state index contributed by atoms with van der Waals surface area (Å²) in [5, 5.41) is 0. The molecule has 2 aromatic heterocycles. The largest absolute Gasteiger partial charge is 0.384 e. The Morgan fingerprint density at radius 2 is 1.90 bits per heavy atom. The van der Waals surface area contributed by atoms with Gasteiger partial charge in [-0.25, -0.2) is 15.0 Å². The van der Waals surface area contributed by atoms with Crippen LogP contribution in [0, 0.1) is 13.8 Å². The molecule has 0 fully saturated rings. The first-order chi connectivity index (χ1) is 10.1. The molecule has 0 amide bonds. The molecular formula is C15H17N5O. The van der Waals surface area contributed by atoms with Gasteiger partial charge in [-0.05, 0) is 37.1 Å². The van der Waals surface area contributed by atoms with Crippen LogP contribution < -0.4 is 5.73 Å². The Hall–Kier alpha value is -2.47. The fourth-order valence-corrected chi connectivity index (χ4v) is 2.27. The zero-order chi connectivity index (χ0) is 15.0. The highest BCUT2D eigenvalue weighted by Crippen LogP contribution is 2.21. The number of rotatable bonds is 3. The van der Waals surface area contributed by atoms with Gasteiger partial charge < -0.3 is 10.5 Å². The van der Waals surface area contributed by atoms with Crippen molar-refractivity contribution in [1.82, 2.24) is 19.5 Å². The minimum atomic E-state index is 0.322. The van der Waals surface area contributed by atoms with Gasteiger partial charge in [-0.15, -0.1) is 0 Å². The molecule has 0 spiro atoms. The maximum atomic E-state index is 5.85. The second-order valence-corrected chi connectivity index (χ2v) is 5.04. The van der Waals surface area contributed by atoms with E-state index in [4.69, 9.17) is 10.5 Å². The summed E-state index contributed by atoms with van der Waals surface area (Å²) in [5.41, 5.74) is 10.2. The summed E-state index contributed by atoms with van der Waals surface area (Å²) in [7, 11) is 1.60. The second kappa shape index (κ2) is 5.14. The summed E-state index contributed by atoms with van der Waals surface area (Å²) in [6.07, 6.45) is 1.75. The summed E-state index contributed by atoms with van der Waals surface area (Å²) in [6.45, 7) is 4.48. The van der Waals surface area contributed by atoms with Crippen molar-refractivity contribution >= 4 is 16.9 Å². The summed E-state index contributed by atoms with van der Waals surface area (Å²) in [6, 6.07) is 5.91. The van der Waals surface area contributed by atoms with Crippen LogP contribution in [-0.2, 0) is 11.3 Å². The first-order valence-corrected chi connectivity index (χ1v) is 6.65. The second-order valence-electron chi connectivity index (χ2n) is 5.04. The Bertz CT molecular complexity index is 809. The molecular weight excluding hydrogens is 266 g/mol. The number of imidazole rings is 1. The Kier molecular flexibility index (Phi) is 3.31. The minimum Gasteiger partial charge on any atom is -0.384 e. The van der Waals surface area contributed by atoms with Crippen LogP contribution in [0.25, 0.3) is 16.9 Å². The third-order valence-corrected chi connectivity index (χ3v) is 3.46. The van der Waals surface area contributed by atoms with Crippen LogP contribution in [0.5, 0.6) is 0 Å². The van der Waals surface area contributed by atoms with Gasteiger partial charge in [-0.2, -0.15) is 0 Å². The number of hydrogen-bond donors (Lipinski definition) is 1. The van der Waals surface area contributed by atoms with Crippen LogP contribution in [0.4, 0.5) is 5.82 Å². The highest BCUT2D eigenvalue weighted by molar-refractivity contribution is 5.79. The van der Waals surface area contributed by atoms with Gasteiger partial charge in [0.15, 0.2) is 5.82 Å². The lowest BCUT2D eigenvalue weighted by Crippen LogP contribution is -2.06. The number of hydrogen-bond acceptors (Lipinski definition) is 5. The molecule has 0 atom stereocenters. The number of methoxy groups -OCH3 is 1. The summed E-state index contributed by atoms with van der Waals surface area (Å²) in [4.78, 5) is 13.1. The van der Waals surface area contributed by atoms with Crippen LogP contribution in [0.2, 0.25) is 0 Å². The lowest BCUT2D eigenvalue weighted by molar-refractivity contribution is 0.178. The molecule has 1 aromatic carbocycles. The van der Waals surface area contributed by atoms with Crippen LogP contribution in [0.3, 0.4) is 0 Å². The molecule has 0 unspecified atom stereocenters. The van der Waals surface area contributed by atoms with Crippen molar-refractivity contribution in [3.8, 4) is 5.82 Å². The SMILES string of the molecule is COCc1nc(N)cc(-n2cnc3cc(C)c(C)cc32)n1. The first-order valence-electron chi connectivity index (χ1n) is 6.65. The van der Waals surface area contributed by atoms with E-state index in [2.05, 4.69) is 40.9 Å². The van der Waals surface area contributed by atoms with E-state index in [1.165, 1.54) is 11.1 Å². The van der Waals surface area contributed by atoms with E-state index in [1.807, 2.05) is 4.57 Å². The molecule has 0 aliphatic carbocycles. The molecule has 6 heteroatoms. The number of benzene rings is 1. The van der Waals surface area contributed by atoms with Crippen molar-refractivity contribution in [3.05, 3.63) is 41.5 Å². The van der Waals surface area contributed by atoms with E-state index in [9.17, 15) is 0 Å². The number of aryl methyl sites for hydroxylation is 2. The quantitative estimate of drug-likeness (QED) is 0.797. The standard InChI is InChI=1S/C15H17N5O/c1-9-4-11-12(5-10(9)2)20(8-17-11)15-6-13(16)18-14(19-15)7-21-3/h4-6,8H,7H2,1-3H3,(H2,16,18,19). The van der Waals surface area contributed by atoms with Gasteiger partial charge in [0.1, 0.15) is 24.6 Å². The smallest absolute Gasteiger partial charge is 0.158 e. The zero-order valence-electron chi connectivity index (χ0n) is 12.3. The van der Waals surface area contributed by atoms with Crippen molar-refractivity contribution in [2.24, 2.45) is 0 Å². The highest BCUT2D eigenvalue weighted by Gasteiger charge is 2.10. The molecule has 108 valence electrons. The van der Waals surface area contributed by atoms with Crippen LogP contribution in [-0.4, -0.2) is 26.6 Å². The molecule has 0 saturated carbocycles. The molecule has 0 aliphatic heterocycles. The number of aromatic nitrogens is 4. The van der Waals surface area contributed by atoms with Gasteiger partial charge in [0.05, 0.1) is 11.0 Å². The molecule has 3 rings (SSSR count). The monoisotopic (exact) mass is 283 g/mol. The van der Waals surface area contributed by atoms with Gasteiger partial charge in [-0.3, -0.25) is 4.57 Å². The number of nitrogens with zero attached hydrogens (tertiary/aromatic N) is 4. The summed E-state index contributed by atoms with van der Waals surface area (Å²) in [5.74, 6) is 1.66. The third kappa shape index (κ3) is 2.45. The molecule has 2 heterocycles. The van der Waals surface area contributed by atoms with Gasteiger partial charge in [-0.1, -0.05) is 0 Å². The van der Waals surface area contributed by atoms with Crippen molar-refractivity contribution in [3.63, 3.8) is 0 Å². The van der Waals surface area contributed by atoms with Gasteiger partial charge in [0, 0.05) is 13.2 Å². The van der Waals surface area contributed by atoms with E-state index in [0.29, 0.717) is 24.1 Å². The van der Waals surface area contributed by atoms with E-state index < -0.39 is 0 Å². The predicted octanol–water partition coefficient (Wildman–Crippen LogP) is 2.16. The number of nitrogen functional groups attached to an aromatic ring is 1. The van der Waals surface area contributed by atoms with Crippen molar-refractivity contribution in [2.45, 2.75) is 20.5 Å². The van der Waals surface area contributed by atoms with Crippen LogP contribution in [0.1, 0.15) is 17.0 Å². The van der Waals surface area contributed by atoms with Crippen LogP contribution in [0.15, 0.2) is 24.5 Å². The summed E-state index contributed by atoms with van der Waals surface area (Å²) < 4.78 is 6.99. The lowest BCUT2D eigenvalue weighted by Gasteiger charge is -2.08. The molecule has 0 radical (unpaired) electrons. The first kappa shape index (κ1) is 13.5. The zero-order valence-corrected chi connectivity index (χ0v) is 12.3. The number of fused-ring (bicyclic) bond motifs is 1. The third-order valence-electron chi connectivity index (χ3n) is 3.46. The van der Waals surface area contributed by atoms with Crippen LogP contribution >= 0.6 is 0 Å². The number of anilines is 1. The normalized spacial score (nSPS) is 11.2. The molecule has 21 heavy (non-hydrogen) atoms. The predicted molar refractivity (Wildman–Crippen MR) is 81.3 cm³/mol. The highest BCUT2D eigenvalue weighted by atomic mass is 16.5. The molecule has 6 nitrogen and oxygen atoms in total. The van der Waals surface area contributed by atoms with Crippen molar-refractivity contribution in [1.29, 1.82) is 0 Å². The maximum Gasteiger partial charge on any atom is 0.158 e. The van der Waals surface area contributed by atoms with Gasteiger partial charge in [0.25, 0.3) is 0 Å². The topological polar surface area (TPSA) is 78.9 Å². The number of ether oxygens (including phenoxy) is 1. The van der Waals surface area contributed by atoms with E-state index >= 15 is 0 Å². The van der Waals surface area contributed by atoms with E-state index in [0.717, 1.165) is 11.0 Å². The fraction of sp³-hybridized carbons (Fsp3) is 0.267. The minimum absolute atomic E-state index is 0.322. The molecule has 3 aromatic rings. The Morgan fingerprint density at radius 3 is 2.67 bits per heavy atom. The molecule has 0 bridgehead atoms. The van der Waals surface area contributed by atoms with E-state index in [1.54, 1.807) is 19.5 Å². The van der Waals surface area contributed by atoms with Crippen molar-refractivity contribution in [2.75, 3.05) is 12.8 Å². The van der Waals surface area contributed by atoms with Gasteiger partial charge in [0.2, 0.25) is 0 Å². The average molecular weight is 283 g/mol. The van der Waals surface area contributed by atoms with E-state index in [-0.39, 0.29) is 0 Å². The Labute approximate surface area is 122 Å². The lowest BCUT2D eigenvalue weighted by atomic mass is 10.1. The fourth-order valence-electron chi connectivity index (χ4n) is 2.27. The Morgan fingerprint density at radius 1 is 1.14 bits per heavy atom. The molecule has 2 N–H and O–H groups in total. The molecule has 0 saturated heterocycles. The summed E-state index contributed by atoms with van der Waals surface area (Å²) >= 11 is 0.